The number of aromatic nitrogens is 2. The zero-order chi connectivity index (χ0) is 14.3. The number of halogens is 1. The summed E-state index contributed by atoms with van der Waals surface area (Å²) in [7, 11) is -2.87. The summed E-state index contributed by atoms with van der Waals surface area (Å²) in [4.78, 5) is 14.8. The van der Waals surface area contributed by atoms with Gasteiger partial charge in [-0.05, 0) is 37.0 Å². The predicted molar refractivity (Wildman–Crippen MR) is 78.9 cm³/mol. The van der Waals surface area contributed by atoms with E-state index in [1.54, 1.807) is 22.8 Å². The van der Waals surface area contributed by atoms with Gasteiger partial charge < -0.3 is 4.98 Å². The molecule has 0 spiro atoms. The largest absolute Gasteiger partial charge is 0.326 e. The Labute approximate surface area is 121 Å². The highest BCUT2D eigenvalue weighted by Crippen LogP contribution is 2.23. The first-order valence-corrected chi connectivity index (χ1v) is 8.73. The summed E-state index contributed by atoms with van der Waals surface area (Å²) >= 11 is 5.97. The second-order valence-electron chi connectivity index (χ2n) is 5.30. The van der Waals surface area contributed by atoms with E-state index in [2.05, 4.69) is 4.98 Å². The lowest BCUT2D eigenvalue weighted by atomic mass is 10.0. The molecule has 1 fully saturated rings. The molecule has 0 radical (unpaired) electrons. The molecule has 1 saturated heterocycles. The lowest BCUT2D eigenvalue weighted by Gasteiger charge is -2.22. The van der Waals surface area contributed by atoms with Crippen molar-refractivity contribution < 1.29 is 8.42 Å². The molecule has 0 amide bonds. The van der Waals surface area contributed by atoms with Crippen molar-refractivity contribution in [1.82, 2.24) is 9.55 Å². The van der Waals surface area contributed by atoms with Crippen molar-refractivity contribution in [2.75, 3.05) is 11.5 Å². The van der Waals surface area contributed by atoms with Crippen molar-refractivity contribution in [3.8, 4) is 0 Å². The molecule has 108 valence electrons. The van der Waals surface area contributed by atoms with Gasteiger partial charge in [-0.2, -0.15) is 0 Å². The van der Waals surface area contributed by atoms with Crippen LogP contribution in [0.4, 0.5) is 0 Å². The summed E-state index contributed by atoms with van der Waals surface area (Å²) in [5.74, 6) is 0.652. The standard InChI is InChI=1S/C13H15ClN2O3S/c14-10-1-2-11-12(7-10)16(13(17)15-11)8-9-3-5-20(18,19)6-4-9/h1-2,7,9H,3-6,8H2,(H,15,17). The van der Waals surface area contributed by atoms with Gasteiger partial charge in [-0.3, -0.25) is 4.57 Å². The van der Waals surface area contributed by atoms with Crippen LogP contribution in [0.25, 0.3) is 11.0 Å². The van der Waals surface area contributed by atoms with Crippen molar-refractivity contribution >= 4 is 32.5 Å². The van der Waals surface area contributed by atoms with Gasteiger partial charge in [-0.25, -0.2) is 13.2 Å². The molecular weight excluding hydrogens is 300 g/mol. The summed E-state index contributed by atoms with van der Waals surface area (Å²) in [6, 6.07) is 5.27. The molecule has 1 aliphatic heterocycles. The van der Waals surface area contributed by atoms with Crippen molar-refractivity contribution in [2.45, 2.75) is 19.4 Å². The number of H-pyrrole nitrogens is 1. The number of hydrogen-bond acceptors (Lipinski definition) is 3. The van der Waals surface area contributed by atoms with Crippen molar-refractivity contribution in [2.24, 2.45) is 5.92 Å². The highest BCUT2D eigenvalue weighted by Gasteiger charge is 2.24. The van der Waals surface area contributed by atoms with E-state index >= 15 is 0 Å². The first-order chi connectivity index (χ1) is 9.44. The van der Waals surface area contributed by atoms with Crippen LogP contribution in [0.15, 0.2) is 23.0 Å². The van der Waals surface area contributed by atoms with Crippen LogP contribution in [0.5, 0.6) is 0 Å². The normalized spacial score (nSPS) is 19.4. The maximum atomic E-state index is 12.0. The van der Waals surface area contributed by atoms with E-state index in [4.69, 9.17) is 11.6 Å². The second kappa shape index (κ2) is 4.93. The maximum Gasteiger partial charge on any atom is 0.326 e. The van der Waals surface area contributed by atoms with Gasteiger partial charge in [0.25, 0.3) is 0 Å². The van der Waals surface area contributed by atoms with E-state index in [0.717, 1.165) is 11.0 Å². The fourth-order valence-corrected chi connectivity index (χ4v) is 4.44. The van der Waals surface area contributed by atoms with Crippen molar-refractivity contribution in [1.29, 1.82) is 0 Å². The van der Waals surface area contributed by atoms with Crippen LogP contribution in [0, 0.1) is 5.92 Å². The molecule has 5 nitrogen and oxygen atoms in total. The van der Waals surface area contributed by atoms with Crippen LogP contribution in [0.1, 0.15) is 12.8 Å². The Morgan fingerprint density at radius 1 is 1.30 bits per heavy atom. The topological polar surface area (TPSA) is 71.9 Å². The lowest BCUT2D eigenvalue weighted by Crippen LogP contribution is -2.29. The Kier molecular flexibility index (Phi) is 3.38. The third-order valence-electron chi connectivity index (χ3n) is 3.85. The zero-order valence-corrected chi connectivity index (χ0v) is 12.4. The van der Waals surface area contributed by atoms with Crippen molar-refractivity contribution in [3.05, 3.63) is 33.7 Å². The first kappa shape index (κ1) is 13.7. The van der Waals surface area contributed by atoms with Gasteiger partial charge in [-0.1, -0.05) is 11.6 Å². The Morgan fingerprint density at radius 3 is 2.70 bits per heavy atom. The number of nitrogens with zero attached hydrogens (tertiary/aromatic N) is 1. The summed E-state index contributed by atoms with van der Waals surface area (Å²) in [6.45, 7) is 0.536. The molecule has 7 heteroatoms. The highest BCUT2D eigenvalue weighted by atomic mass is 35.5. The van der Waals surface area contributed by atoms with E-state index < -0.39 is 9.84 Å². The molecule has 0 aliphatic carbocycles. The fraction of sp³-hybridized carbons (Fsp3) is 0.462. The second-order valence-corrected chi connectivity index (χ2v) is 8.04. The molecule has 0 unspecified atom stereocenters. The SMILES string of the molecule is O=c1[nH]c2ccc(Cl)cc2n1CC1CCS(=O)(=O)CC1. The highest BCUT2D eigenvalue weighted by molar-refractivity contribution is 7.91. The van der Waals surface area contributed by atoms with Gasteiger partial charge in [-0.15, -0.1) is 0 Å². The molecule has 0 bridgehead atoms. The Hall–Kier alpha value is -1.27. The van der Waals surface area contributed by atoms with Gasteiger partial charge in [0.05, 0.1) is 22.5 Å². The van der Waals surface area contributed by atoms with Gasteiger partial charge in [0.1, 0.15) is 9.84 Å². The Morgan fingerprint density at radius 2 is 2.00 bits per heavy atom. The molecule has 0 saturated carbocycles. The minimum absolute atomic E-state index is 0.171. The van der Waals surface area contributed by atoms with Gasteiger partial charge in [0.2, 0.25) is 0 Å². The van der Waals surface area contributed by atoms with E-state index in [1.165, 1.54) is 0 Å². The molecule has 0 atom stereocenters. The van der Waals surface area contributed by atoms with Gasteiger partial charge in [0, 0.05) is 11.6 Å². The van der Waals surface area contributed by atoms with E-state index in [-0.39, 0.29) is 23.1 Å². The number of nitrogens with one attached hydrogen (secondary N) is 1. The molecule has 1 aromatic heterocycles. The number of hydrogen-bond donors (Lipinski definition) is 1. The van der Waals surface area contributed by atoms with Gasteiger partial charge in [0.15, 0.2) is 0 Å². The summed E-state index contributed by atoms with van der Waals surface area (Å²) in [5.41, 5.74) is 1.36. The fourth-order valence-electron chi connectivity index (χ4n) is 2.69. The molecule has 2 heterocycles. The summed E-state index contributed by atoms with van der Waals surface area (Å²) in [5, 5.41) is 0.580. The molecule has 1 aliphatic rings. The molecule has 1 aromatic carbocycles. The number of sulfone groups is 1. The van der Waals surface area contributed by atoms with E-state index in [9.17, 15) is 13.2 Å². The van der Waals surface area contributed by atoms with E-state index in [1.807, 2.05) is 0 Å². The van der Waals surface area contributed by atoms with Gasteiger partial charge >= 0.3 is 5.69 Å². The monoisotopic (exact) mass is 314 g/mol. The average molecular weight is 315 g/mol. The van der Waals surface area contributed by atoms with Crippen LogP contribution >= 0.6 is 11.6 Å². The smallest absolute Gasteiger partial charge is 0.306 e. The molecular formula is C13H15ClN2O3S. The Balaban J connectivity index is 1.90. The van der Waals surface area contributed by atoms with Crippen molar-refractivity contribution in [3.63, 3.8) is 0 Å². The Bertz CT molecular complexity index is 793. The minimum atomic E-state index is -2.87. The zero-order valence-electron chi connectivity index (χ0n) is 10.8. The average Bonchev–Trinajstić information content (AvgIpc) is 2.68. The molecule has 20 heavy (non-hydrogen) atoms. The minimum Gasteiger partial charge on any atom is -0.306 e. The van der Waals surface area contributed by atoms with Crippen LogP contribution in [0.3, 0.4) is 0 Å². The maximum absolute atomic E-state index is 12.0. The van der Waals surface area contributed by atoms with E-state index in [0.29, 0.717) is 24.4 Å². The summed E-state index contributed by atoms with van der Waals surface area (Å²) < 4.78 is 24.5. The predicted octanol–water partition coefficient (Wildman–Crippen LogP) is 1.81. The number of fused-ring (bicyclic) bond motifs is 1. The number of benzene rings is 1. The molecule has 2 aromatic rings. The third-order valence-corrected chi connectivity index (χ3v) is 5.80. The number of rotatable bonds is 2. The lowest BCUT2D eigenvalue weighted by molar-refractivity contribution is 0.404. The molecule has 3 rings (SSSR count). The number of aromatic amines is 1. The van der Waals surface area contributed by atoms with Crippen LogP contribution < -0.4 is 5.69 Å². The van der Waals surface area contributed by atoms with Crippen LogP contribution in [-0.4, -0.2) is 29.5 Å². The van der Waals surface area contributed by atoms with Crippen LogP contribution in [-0.2, 0) is 16.4 Å². The number of imidazole rings is 1. The summed E-state index contributed by atoms with van der Waals surface area (Å²) in [6.07, 6.45) is 1.23. The van der Waals surface area contributed by atoms with Crippen LogP contribution in [0.2, 0.25) is 5.02 Å². The third kappa shape index (κ3) is 2.62. The first-order valence-electron chi connectivity index (χ1n) is 6.53. The molecule has 1 N–H and O–H groups in total. The quantitative estimate of drug-likeness (QED) is 0.919.